The van der Waals surface area contributed by atoms with Crippen molar-refractivity contribution in [3.63, 3.8) is 0 Å². The first-order chi connectivity index (χ1) is 11.1. The Morgan fingerprint density at radius 2 is 1.42 bits per heavy atom. The third kappa shape index (κ3) is 7.34. The fourth-order valence-electron chi connectivity index (χ4n) is 2.48. The van der Waals surface area contributed by atoms with E-state index in [9.17, 15) is 18.0 Å². The number of unbranched alkanes of at least 4 members (excludes halogenated alkanes) is 2. The molecule has 0 spiro atoms. The van der Waals surface area contributed by atoms with Crippen LogP contribution in [0.4, 0.5) is 13.2 Å². The van der Waals surface area contributed by atoms with Crippen LogP contribution >= 0.6 is 0 Å². The number of benzene rings is 1. The molecule has 1 N–H and O–H groups in total. The van der Waals surface area contributed by atoms with E-state index >= 15 is 0 Å². The van der Waals surface area contributed by atoms with Crippen LogP contribution in [0.15, 0.2) is 12.1 Å². The Morgan fingerprint density at radius 3 is 1.96 bits per heavy atom. The van der Waals surface area contributed by atoms with Gasteiger partial charge < -0.3 is 13.6 Å². The van der Waals surface area contributed by atoms with Gasteiger partial charge in [0.2, 0.25) is 0 Å². The zero-order valence-corrected chi connectivity index (χ0v) is 15.7. The van der Waals surface area contributed by atoms with E-state index in [2.05, 4.69) is 0 Å². The summed E-state index contributed by atoms with van der Waals surface area (Å²) in [6, 6.07) is 1.90. The van der Waals surface area contributed by atoms with E-state index < -0.39 is 26.3 Å². The lowest BCUT2D eigenvalue weighted by Crippen LogP contribution is -2.46. The highest BCUT2D eigenvalue weighted by molar-refractivity contribution is 6.59. The lowest BCUT2D eigenvalue weighted by molar-refractivity contribution is 0.0472. The summed E-state index contributed by atoms with van der Waals surface area (Å²) in [5.41, 5.74) is 0.165. The number of rotatable bonds is 10. The summed E-state index contributed by atoms with van der Waals surface area (Å²) in [6.07, 6.45) is 2.03. The average Bonchev–Trinajstić information content (AvgIpc) is 2.41. The van der Waals surface area contributed by atoms with E-state index in [0.29, 0.717) is 37.8 Å². The van der Waals surface area contributed by atoms with Gasteiger partial charge in [-0.1, -0.05) is 6.42 Å². The smallest absolute Gasteiger partial charge is 0.390 e. The highest BCUT2D eigenvalue weighted by Gasteiger charge is 2.38. The Labute approximate surface area is 143 Å². The van der Waals surface area contributed by atoms with E-state index in [-0.39, 0.29) is 17.8 Å². The Balaban J connectivity index is 2.45. The van der Waals surface area contributed by atoms with Crippen LogP contribution in [0.2, 0.25) is 6.04 Å². The molecule has 0 radical (unpaired) electrons. The maximum atomic E-state index is 13.5. The van der Waals surface area contributed by atoms with E-state index in [0.717, 1.165) is 6.07 Å². The van der Waals surface area contributed by atoms with Gasteiger partial charge in [-0.3, -0.25) is 0 Å². The van der Waals surface area contributed by atoms with Crippen molar-refractivity contribution in [2.45, 2.75) is 71.6 Å². The van der Waals surface area contributed by atoms with Gasteiger partial charge in [0.05, 0.1) is 0 Å². The molecular weight excluding hydrogens is 337 g/mol. The van der Waals surface area contributed by atoms with Gasteiger partial charge in [-0.2, -0.15) is 0 Å². The van der Waals surface area contributed by atoms with Crippen LogP contribution < -0.4 is 0 Å². The molecule has 0 aliphatic heterocycles. The Hall–Kier alpha value is -0.893. The van der Waals surface area contributed by atoms with Crippen LogP contribution in [-0.4, -0.2) is 25.8 Å². The van der Waals surface area contributed by atoms with Gasteiger partial charge in [-0.25, -0.2) is 13.2 Å². The van der Waals surface area contributed by atoms with Crippen LogP contribution in [0.25, 0.3) is 0 Å². The molecule has 1 rings (SSSR count). The monoisotopic (exact) mass is 364 g/mol. The van der Waals surface area contributed by atoms with E-state index in [1.54, 1.807) is 0 Å². The molecule has 0 bridgehead atoms. The van der Waals surface area contributed by atoms with Crippen molar-refractivity contribution in [1.29, 1.82) is 0 Å². The molecule has 0 saturated heterocycles. The largest absolute Gasteiger partial charge is 0.498 e. The second kappa shape index (κ2) is 9.55. The highest BCUT2D eigenvalue weighted by atomic mass is 28.4. The number of hydrogen-bond acceptors (Lipinski definition) is 3. The van der Waals surface area contributed by atoms with Gasteiger partial charge in [0.25, 0.3) is 0 Å². The van der Waals surface area contributed by atoms with Crippen LogP contribution in [-0.2, 0) is 15.3 Å². The molecule has 3 nitrogen and oxygen atoms in total. The molecule has 24 heavy (non-hydrogen) atoms. The molecule has 0 aliphatic carbocycles. The van der Waals surface area contributed by atoms with Gasteiger partial charge >= 0.3 is 8.80 Å². The van der Waals surface area contributed by atoms with Crippen molar-refractivity contribution < 1.29 is 26.8 Å². The fraction of sp³-hybridized carbons (Fsp3) is 0.647. The van der Waals surface area contributed by atoms with Gasteiger partial charge in [0, 0.05) is 24.3 Å². The van der Waals surface area contributed by atoms with E-state index in [1.165, 1.54) is 0 Å². The predicted octanol–water partition coefficient (Wildman–Crippen LogP) is 4.60. The molecule has 0 fully saturated rings. The summed E-state index contributed by atoms with van der Waals surface area (Å²) in [5, 5.41) is 0. The molecule has 0 unspecified atom stereocenters. The molecule has 0 saturated carbocycles. The molecule has 138 valence electrons. The molecule has 0 aliphatic rings. The summed E-state index contributed by atoms with van der Waals surface area (Å²) in [6.45, 7) is 7.36. The molecular formula is C17H27F3O3Si. The molecule has 1 aromatic carbocycles. The number of hydrogen-bond donors (Lipinski definition) is 1. The maximum absolute atomic E-state index is 13.5. The first kappa shape index (κ1) is 21.2. The molecule has 7 heteroatoms. The first-order valence-electron chi connectivity index (χ1n) is 8.34. The van der Waals surface area contributed by atoms with Gasteiger partial charge in [0.1, 0.15) is 5.82 Å². The zero-order valence-electron chi connectivity index (χ0n) is 14.7. The first-order valence-corrected chi connectivity index (χ1v) is 10.3. The average molecular weight is 364 g/mol. The second-order valence-electron chi connectivity index (χ2n) is 6.46. The highest BCUT2D eigenvalue weighted by Crippen LogP contribution is 2.21. The molecule has 1 aromatic rings. The van der Waals surface area contributed by atoms with Crippen molar-refractivity contribution in [2.24, 2.45) is 0 Å². The second-order valence-corrected chi connectivity index (χ2v) is 8.86. The zero-order chi connectivity index (χ0) is 18.3. The van der Waals surface area contributed by atoms with E-state index in [4.69, 9.17) is 8.85 Å². The van der Waals surface area contributed by atoms with Crippen molar-refractivity contribution in [2.75, 3.05) is 0 Å². The number of aryl methyl sites for hydroxylation is 1. The van der Waals surface area contributed by atoms with Crippen molar-refractivity contribution in [1.82, 2.24) is 0 Å². The SMILES string of the molecule is CC(C)O[Si](O)(CCCCCc1cc(F)c(F)cc1F)OC(C)C. The quantitative estimate of drug-likeness (QED) is 0.375. The third-order valence-corrected chi connectivity index (χ3v) is 6.03. The predicted molar refractivity (Wildman–Crippen MR) is 89.1 cm³/mol. The Kier molecular flexibility index (Phi) is 8.42. The van der Waals surface area contributed by atoms with Crippen molar-refractivity contribution in [3.05, 3.63) is 35.1 Å². The Morgan fingerprint density at radius 1 is 0.875 bits per heavy atom. The minimum atomic E-state index is -3.22. The van der Waals surface area contributed by atoms with Crippen LogP contribution in [0.5, 0.6) is 0 Å². The lowest BCUT2D eigenvalue weighted by Gasteiger charge is -2.28. The lowest BCUT2D eigenvalue weighted by atomic mass is 10.1. The molecule has 0 heterocycles. The normalized spacial score (nSPS) is 12.4. The van der Waals surface area contributed by atoms with Crippen LogP contribution in [0.3, 0.4) is 0 Å². The van der Waals surface area contributed by atoms with Crippen molar-refractivity contribution in [3.8, 4) is 0 Å². The summed E-state index contributed by atoms with van der Waals surface area (Å²) in [5.74, 6) is -2.95. The summed E-state index contributed by atoms with van der Waals surface area (Å²) in [7, 11) is -3.22. The van der Waals surface area contributed by atoms with Crippen LogP contribution in [0.1, 0.15) is 52.5 Å². The summed E-state index contributed by atoms with van der Waals surface area (Å²) in [4.78, 5) is 10.5. The minimum absolute atomic E-state index is 0.128. The molecule has 0 amide bonds. The summed E-state index contributed by atoms with van der Waals surface area (Å²) < 4.78 is 50.7. The topological polar surface area (TPSA) is 38.7 Å². The van der Waals surface area contributed by atoms with Gasteiger partial charge in [-0.05, 0) is 58.6 Å². The molecule has 0 atom stereocenters. The minimum Gasteiger partial charge on any atom is -0.390 e. The molecule has 0 aromatic heterocycles. The van der Waals surface area contributed by atoms with Gasteiger partial charge in [0.15, 0.2) is 11.6 Å². The van der Waals surface area contributed by atoms with E-state index in [1.807, 2.05) is 27.7 Å². The number of halogens is 3. The third-order valence-electron chi connectivity index (χ3n) is 3.37. The maximum Gasteiger partial charge on any atom is 0.498 e. The van der Waals surface area contributed by atoms with Crippen molar-refractivity contribution >= 4 is 8.80 Å². The van der Waals surface area contributed by atoms with Gasteiger partial charge in [-0.15, -0.1) is 0 Å². The fourth-order valence-corrected chi connectivity index (χ4v) is 4.94. The Bertz CT molecular complexity index is 514. The standard InChI is InChI=1S/C17H27F3O3Si/c1-12(2)22-24(21,23-13(3)4)9-7-5-6-8-14-10-16(19)17(20)11-15(14)18/h10-13,21H,5-9H2,1-4H3. The van der Waals surface area contributed by atoms with Crippen LogP contribution in [0, 0.1) is 17.5 Å². The summed E-state index contributed by atoms with van der Waals surface area (Å²) >= 11 is 0.